The van der Waals surface area contributed by atoms with Crippen molar-refractivity contribution in [2.45, 2.75) is 73.9 Å². The van der Waals surface area contributed by atoms with Gasteiger partial charge in [-0.1, -0.05) is 6.92 Å². The molecule has 0 aliphatic carbocycles. The minimum atomic E-state index is -1.06. The van der Waals surface area contributed by atoms with Gasteiger partial charge in [-0.25, -0.2) is 9.48 Å². The third-order valence-corrected chi connectivity index (χ3v) is 10.1. The number of hydrogen-bond acceptors (Lipinski definition) is 11. The second-order valence-corrected chi connectivity index (χ2v) is 12.5. The summed E-state index contributed by atoms with van der Waals surface area (Å²) in [6.07, 6.45) is 2.57. The maximum atomic E-state index is 13.2. The molecule has 16 nitrogen and oxygen atoms in total. The third-order valence-electron chi connectivity index (χ3n) is 8.31. The molecule has 4 aliphatic heterocycles. The molecule has 3 amide bonds. The fourth-order valence-electron chi connectivity index (χ4n) is 6.36. The molecule has 2 unspecified atom stereocenters. The largest absolute Gasteiger partial charge is 0.480 e. The number of rotatable bonds is 8. The van der Waals surface area contributed by atoms with Gasteiger partial charge >= 0.3 is 5.97 Å². The van der Waals surface area contributed by atoms with Crippen LogP contribution < -0.4 is 21.7 Å². The number of thioether (sulfide) groups is 1. The average Bonchev–Trinajstić information content (AvgIpc) is 3.68. The fraction of sp³-hybridized carbons (Fsp3) is 0.739. The number of aromatic nitrogens is 4. The van der Waals surface area contributed by atoms with E-state index in [0.717, 1.165) is 6.42 Å². The van der Waals surface area contributed by atoms with E-state index in [-0.39, 0.29) is 58.7 Å². The molecule has 9 atom stereocenters. The number of nitrogens with two attached hydrogens (primary N) is 1. The van der Waals surface area contributed by atoms with Gasteiger partial charge < -0.3 is 31.3 Å². The molecule has 7 N–H and O–H groups in total. The average molecular weight is 578 g/mol. The first-order valence-electron chi connectivity index (χ1n) is 13.4. The van der Waals surface area contributed by atoms with Gasteiger partial charge in [-0.15, -0.1) is 5.10 Å². The molecule has 5 heterocycles. The van der Waals surface area contributed by atoms with Gasteiger partial charge in [0.25, 0.3) is 0 Å². The lowest BCUT2D eigenvalue weighted by Crippen LogP contribution is -2.68. The normalized spacial score (nSPS) is 33.8. The van der Waals surface area contributed by atoms with Gasteiger partial charge in [0.2, 0.25) is 17.7 Å². The highest BCUT2D eigenvalue weighted by Crippen LogP contribution is 2.50. The number of carbonyl (C=O) groups excluding carboxylic acids is 3. The lowest BCUT2D eigenvalue weighted by atomic mass is 9.78. The molecule has 218 valence electrons. The van der Waals surface area contributed by atoms with Crippen LogP contribution in [0.3, 0.4) is 0 Å². The zero-order valence-corrected chi connectivity index (χ0v) is 23.1. The van der Waals surface area contributed by atoms with Crippen molar-refractivity contribution in [1.82, 2.24) is 46.0 Å². The number of nitrogens with one attached hydrogen (secondary N) is 4. The molecule has 4 aliphatic rings. The maximum Gasteiger partial charge on any atom is 0.327 e. The van der Waals surface area contributed by atoms with Crippen LogP contribution in [0.1, 0.15) is 26.7 Å². The van der Waals surface area contributed by atoms with Gasteiger partial charge in [0, 0.05) is 48.3 Å². The number of guanidine groups is 1. The number of carboxylic acid groups (broad SMARTS) is 1. The van der Waals surface area contributed by atoms with E-state index in [1.807, 2.05) is 6.92 Å². The van der Waals surface area contributed by atoms with Gasteiger partial charge in [0.05, 0.1) is 12.0 Å². The van der Waals surface area contributed by atoms with E-state index < -0.39 is 30.0 Å². The molecule has 0 radical (unpaired) electrons. The topological polar surface area (TPSA) is 225 Å². The predicted octanol–water partition coefficient (Wildman–Crippen LogP) is -2.98. The van der Waals surface area contributed by atoms with Crippen LogP contribution in [0.25, 0.3) is 0 Å². The van der Waals surface area contributed by atoms with Gasteiger partial charge in [-0.2, -0.15) is 11.8 Å². The SMILES string of the molecule is C[C@@H](NC(=O)Cn1cnnn1)[C@H]1C(=O)N2C(C(=O)O)C(S[C@@H]3CN[C@H](C(=O)NC(=N)N4CC[C@@H](N)C4)C3)[C@H](C)[C@H]12. The van der Waals surface area contributed by atoms with Gasteiger partial charge in [-0.05, 0) is 36.1 Å². The van der Waals surface area contributed by atoms with Crippen LogP contribution in [-0.4, -0.2) is 125 Å². The molecule has 0 saturated carbocycles. The van der Waals surface area contributed by atoms with E-state index in [9.17, 15) is 24.3 Å². The van der Waals surface area contributed by atoms with E-state index >= 15 is 0 Å². The molecule has 1 aromatic rings. The summed E-state index contributed by atoms with van der Waals surface area (Å²) in [6, 6.07) is -2.32. The standard InChI is InChI=1S/C23H35N11O5S/c1-10-17-16(11(2)28-15(35)8-33-9-27-30-31-33)21(37)34(17)18(22(38)39)19(10)40-13-5-14(26-6-13)20(36)29-23(25)32-4-3-12(24)7-32/h9-14,16-19,26H,3-8,24H2,1-2H3,(H,28,35)(H,38,39)(H2,25,29,36)/t10-,11-,12-,13+,14+,16-,17-,18?,19?/m1/s1. The van der Waals surface area contributed by atoms with Crippen LogP contribution in [0.4, 0.5) is 0 Å². The second kappa shape index (κ2) is 11.3. The number of carbonyl (C=O) groups is 4. The summed E-state index contributed by atoms with van der Waals surface area (Å²) in [4.78, 5) is 53.9. The number of β-lactam (4-membered cyclic amide) rings is 1. The molecule has 4 fully saturated rings. The van der Waals surface area contributed by atoms with E-state index in [1.165, 1.54) is 27.7 Å². The molecule has 17 heteroatoms. The summed E-state index contributed by atoms with van der Waals surface area (Å²) in [5.41, 5.74) is 5.90. The van der Waals surface area contributed by atoms with Crippen LogP contribution >= 0.6 is 11.8 Å². The van der Waals surface area contributed by atoms with Crippen molar-refractivity contribution in [2.24, 2.45) is 17.6 Å². The molecule has 5 rings (SSSR count). The van der Waals surface area contributed by atoms with Crippen molar-refractivity contribution < 1.29 is 24.3 Å². The van der Waals surface area contributed by atoms with E-state index in [2.05, 4.69) is 31.5 Å². The molecular formula is C23H35N11O5S. The van der Waals surface area contributed by atoms with Crippen LogP contribution in [0, 0.1) is 17.2 Å². The van der Waals surface area contributed by atoms with Crippen molar-refractivity contribution in [1.29, 1.82) is 5.41 Å². The highest BCUT2D eigenvalue weighted by atomic mass is 32.2. The van der Waals surface area contributed by atoms with Gasteiger partial charge in [-0.3, -0.25) is 25.1 Å². The number of carboxylic acids is 1. The number of amides is 3. The summed E-state index contributed by atoms with van der Waals surface area (Å²) in [7, 11) is 0. The van der Waals surface area contributed by atoms with E-state index in [1.54, 1.807) is 11.8 Å². The van der Waals surface area contributed by atoms with Crippen molar-refractivity contribution in [3.63, 3.8) is 0 Å². The minimum Gasteiger partial charge on any atom is -0.480 e. The first-order valence-corrected chi connectivity index (χ1v) is 14.3. The van der Waals surface area contributed by atoms with Crippen LogP contribution in [0.15, 0.2) is 6.33 Å². The molecule has 1 aromatic heterocycles. The Kier molecular flexibility index (Phi) is 7.96. The Balaban J connectivity index is 1.18. The zero-order valence-electron chi connectivity index (χ0n) is 22.3. The second-order valence-electron chi connectivity index (χ2n) is 11.0. The molecule has 0 bridgehead atoms. The molecule has 0 spiro atoms. The zero-order chi connectivity index (χ0) is 28.7. The Morgan fingerprint density at radius 3 is 2.80 bits per heavy atom. The lowest BCUT2D eigenvalue weighted by Gasteiger charge is -2.48. The van der Waals surface area contributed by atoms with Crippen molar-refractivity contribution in [2.75, 3.05) is 19.6 Å². The predicted molar refractivity (Wildman–Crippen MR) is 142 cm³/mol. The Morgan fingerprint density at radius 1 is 1.38 bits per heavy atom. The molecule has 40 heavy (non-hydrogen) atoms. The first-order chi connectivity index (χ1) is 19.0. The molecule has 0 aromatic carbocycles. The lowest BCUT2D eigenvalue weighted by molar-refractivity contribution is -0.166. The maximum absolute atomic E-state index is 13.2. The fourth-order valence-corrected chi connectivity index (χ4v) is 8.10. The van der Waals surface area contributed by atoms with Gasteiger partial charge in [0.1, 0.15) is 18.9 Å². The Labute approximate surface area is 234 Å². The van der Waals surface area contributed by atoms with Crippen molar-refractivity contribution >= 4 is 41.4 Å². The number of aliphatic carboxylic acids is 1. The Morgan fingerprint density at radius 2 is 2.15 bits per heavy atom. The van der Waals surface area contributed by atoms with Crippen molar-refractivity contribution in [3.8, 4) is 0 Å². The summed E-state index contributed by atoms with van der Waals surface area (Å²) in [5.74, 6) is -2.64. The first kappa shape index (κ1) is 28.2. The smallest absolute Gasteiger partial charge is 0.327 e. The monoisotopic (exact) mass is 577 g/mol. The van der Waals surface area contributed by atoms with Crippen LogP contribution in [-0.2, 0) is 25.7 Å². The summed E-state index contributed by atoms with van der Waals surface area (Å²) in [5, 5.41) is 37.2. The number of fused-ring (bicyclic) bond motifs is 1. The van der Waals surface area contributed by atoms with E-state index in [0.29, 0.717) is 26.1 Å². The Bertz CT molecular complexity index is 1170. The molecular weight excluding hydrogens is 542 g/mol. The van der Waals surface area contributed by atoms with E-state index in [4.69, 9.17) is 11.1 Å². The van der Waals surface area contributed by atoms with Crippen LogP contribution in [0.5, 0.6) is 0 Å². The number of tetrazole rings is 1. The summed E-state index contributed by atoms with van der Waals surface area (Å²) in [6.45, 7) is 5.27. The quantitative estimate of drug-likeness (QED) is 0.103. The highest BCUT2D eigenvalue weighted by Gasteiger charge is 2.65. The van der Waals surface area contributed by atoms with Crippen molar-refractivity contribution in [3.05, 3.63) is 6.33 Å². The Hall–Kier alpha value is -3.31. The number of nitrogens with zero attached hydrogens (tertiary/aromatic N) is 6. The highest BCUT2D eigenvalue weighted by molar-refractivity contribution is 8.00. The minimum absolute atomic E-state index is 0.00725. The molecule has 4 saturated heterocycles. The van der Waals surface area contributed by atoms with Gasteiger partial charge in [0.15, 0.2) is 5.96 Å². The summed E-state index contributed by atoms with van der Waals surface area (Å²) < 4.78 is 1.27. The summed E-state index contributed by atoms with van der Waals surface area (Å²) >= 11 is 1.49. The van der Waals surface area contributed by atoms with Crippen LogP contribution in [0.2, 0.25) is 0 Å². The number of likely N-dealkylation sites (tertiary alicyclic amines) is 1. The third kappa shape index (κ3) is 5.36. The number of hydrogen-bond donors (Lipinski definition) is 6.